The van der Waals surface area contributed by atoms with Crippen LogP contribution in [0.15, 0.2) is 65.6 Å². The number of hydrogen-bond acceptors (Lipinski definition) is 4. The van der Waals surface area contributed by atoms with Crippen LogP contribution in [0.3, 0.4) is 0 Å². The van der Waals surface area contributed by atoms with Gasteiger partial charge in [-0.2, -0.15) is 5.10 Å². The van der Waals surface area contributed by atoms with E-state index in [9.17, 15) is 13.2 Å². The Balaban J connectivity index is 1.82. The van der Waals surface area contributed by atoms with Crippen molar-refractivity contribution in [1.29, 1.82) is 0 Å². The van der Waals surface area contributed by atoms with Gasteiger partial charge in [0.05, 0.1) is 16.1 Å². The van der Waals surface area contributed by atoms with Crippen LogP contribution in [-0.4, -0.2) is 24.1 Å². The molecule has 7 nitrogen and oxygen atoms in total. The van der Waals surface area contributed by atoms with Crippen molar-refractivity contribution in [2.24, 2.45) is 0 Å². The van der Waals surface area contributed by atoms with Gasteiger partial charge >= 0.3 is 0 Å². The summed E-state index contributed by atoms with van der Waals surface area (Å²) in [6.07, 6.45) is 0. The maximum absolute atomic E-state index is 12.9. The topological polar surface area (TPSA) is 93.1 Å². The first kappa shape index (κ1) is 23.5. The summed E-state index contributed by atoms with van der Waals surface area (Å²) in [5, 5.41) is 7.62. The molecular formula is C24H30N4O3S. The number of sulfonamides is 1. The van der Waals surface area contributed by atoms with E-state index >= 15 is 0 Å². The standard InChI is InChI=1S/C24H30N4O3S/c1-23(2,3)20-16-21(28(26-20)24(4,5)6)25-22(29)17-12-14-19(15-13-17)32(30,31)27-18-10-8-7-9-11-18/h7-16,27H,1-6H3,(H,25,29). The molecule has 2 N–H and O–H groups in total. The molecule has 0 unspecified atom stereocenters. The van der Waals surface area contributed by atoms with Crippen molar-refractivity contribution < 1.29 is 13.2 Å². The molecule has 0 bridgehead atoms. The van der Waals surface area contributed by atoms with Gasteiger partial charge in [-0.15, -0.1) is 0 Å². The van der Waals surface area contributed by atoms with Crippen LogP contribution in [0.4, 0.5) is 11.5 Å². The van der Waals surface area contributed by atoms with Crippen LogP contribution in [0.2, 0.25) is 0 Å². The maximum Gasteiger partial charge on any atom is 0.261 e. The van der Waals surface area contributed by atoms with Crippen LogP contribution in [-0.2, 0) is 21.0 Å². The lowest BCUT2D eigenvalue weighted by atomic mass is 9.92. The average molecular weight is 455 g/mol. The fraction of sp³-hybridized carbons (Fsp3) is 0.333. The summed E-state index contributed by atoms with van der Waals surface area (Å²) >= 11 is 0. The number of carbonyl (C=O) groups excluding carboxylic acids is 1. The Morgan fingerprint density at radius 1 is 0.906 bits per heavy atom. The Labute approximate surface area is 189 Å². The molecule has 1 heterocycles. The molecule has 0 saturated heterocycles. The molecule has 3 aromatic rings. The van der Waals surface area contributed by atoms with Crippen LogP contribution in [0, 0.1) is 0 Å². The summed E-state index contributed by atoms with van der Waals surface area (Å²) < 4.78 is 29.5. The average Bonchev–Trinajstić information content (AvgIpc) is 3.13. The number of hydrogen-bond donors (Lipinski definition) is 2. The summed E-state index contributed by atoms with van der Waals surface area (Å²) in [5.74, 6) is 0.255. The summed E-state index contributed by atoms with van der Waals surface area (Å²) in [7, 11) is -3.75. The van der Waals surface area contributed by atoms with Gasteiger partial charge in [-0.05, 0) is 57.2 Å². The molecule has 0 spiro atoms. The molecule has 0 aliphatic rings. The number of carbonyl (C=O) groups is 1. The molecule has 0 saturated carbocycles. The van der Waals surface area contributed by atoms with Crippen molar-refractivity contribution in [2.45, 2.75) is 57.4 Å². The Morgan fingerprint density at radius 3 is 2.03 bits per heavy atom. The third kappa shape index (κ3) is 5.37. The second kappa shape index (κ2) is 8.43. The fourth-order valence-corrected chi connectivity index (χ4v) is 4.10. The molecule has 1 amide bonds. The SMILES string of the molecule is CC(C)(C)c1cc(NC(=O)c2ccc(S(=O)(=O)Nc3ccccc3)cc2)n(C(C)(C)C)n1. The third-order valence-electron chi connectivity index (χ3n) is 4.81. The minimum Gasteiger partial charge on any atom is -0.307 e. The summed E-state index contributed by atoms with van der Waals surface area (Å²) in [6, 6.07) is 16.4. The van der Waals surface area contributed by atoms with Gasteiger partial charge in [0.25, 0.3) is 15.9 Å². The number of benzene rings is 2. The largest absolute Gasteiger partial charge is 0.307 e. The van der Waals surface area contributed by atoms with E-state index in [-0.39, 0.29) is 21.8 Å². The van der Waals surface area contributed by atoms with E-state index in [0.29, 0.717) is 17.1 Å². The highest BCUT2D eigenvalue weighted by atomic mass is 32.2. The summed E-state index contributed by atoms with van der Waals surface area (Å²) in [5.41, 5.74) is 1.20. The van der Waals surface area contributed by atoms with Gasteiger partial charge in [-0.3, -0.25) is 9.52 Å². The van der Waals surface area contributed by atoms with Gasteiger partial charge in [0.2, 0.25) is 0 Å². The molecule has 3 rings (SSSR count). The Bertz CT molecular complexity index is 1200. The third-order valence-corrected chi connectivity index (χ3v) is 6.20. The van der Waals surface area contributed by atoms with Crippen LogP contribution >= 0.6 is 0 Å². The van der Waals surface area contributed by atoms with Crippen LogP contribution < -0.4 is 10.0 Å². The molecule has 0 atom stereocenters. The summed E-state index contributed by atoms with van der Waals surface area (Å²) in [6.45, 7) is 12.2. The number of amides is 1. The number of nitrogens with one attached hydrogen (secondary N) is 2. The second-order valence-electron chi connectivity index (χ2n) is 9.70. The zero-order valence-corrected chi connectivity index (χ0v) is 20.1. The van der Waals surface area contributed by atoms with E-state index in [1.54, 1.807) is 35.0 Å². The van der Waals surface area contributed by atoms with Gasteiger partial charge in [0.1, 0.15) is 5.82 Å². The number of anilines is 2. The van der Waals surface area contributed by atoms with E-state index < -0.39 is 10.0 Å². The van der Waals surface area contributed by atoms with Crippen LogP contribution in [0.5, 0.6) is 0 Å². The molecule has 0 fully saturated rings. The normalized spacial score (nSPS) is 12.4. The second-order valence-corrected chi connectivity index (χ2v) is 11.4. The minimum absolute atomic E-state index is 0.0765. The van der Waals surface area contributed by atoms with Gasteiger partial charge < -0.3 is 5.32 Å². The molecular weight excluding hydrogens is 424 g/mol. The molecule has 0 radical (unpaired) electrons. The highest BCUT2D eigenvalue weighted by molar-refractivity contribution is 7.92. The lowest BCUT2D eigenvalue weighted by molar-refractivity contribution is 0.102. The smallest absolute Gasteiger partial charge is 0.261 e. The molecule has 0 aliphatic carbocycles. The maximum atomic E-state index is 12.9. The molecule has 0 aliphatic heterocycles. The van der Waals surface area contributed by atoms with Gasteiger partial charge in [0.15, 0.2) is 0 Å². The van der Waals surface area contributed by atoms with Gasteiger partial charge in [-0.1, -0.05) is 39.0 Å². The summed E-state index contributed by atoms with van der Waals surface area (Å²) in [4.78, 5) is 13.0. The Hall–Kier alpha value is -3.13. The Kier molecular flexibility index (Phi) is 6.20. The minimum atomic E-state index is -3.75. The van der Waals surface area contributed by atoms with Gasteiger partial charge in [0, 0.05) is 22.7 Å². The fourth-order valence-electron chi connectivity index (χ4n) is 3.04. The van der Waals surface area contributed by atoms with Crippen molar-refractivity contribution in [2.75, 3.05) is 10.0 Å². The van der Waals surface area contributed by atoms with Crippen LogP contribution in [0.25, 0.3) is 0 Å². The highest BCUT2D eigenvalue weighted by Crippen LogP contribution is 2.28. The lowest BCUT2D eigenvalue weighted by Crippen LogP contribution is -2.27. The van der Waals surface area contributed by atoms with Crippen molar-refractivity contribution in [3.63, 3.8) is 0 Å². The highest BCUT2D eigenvalue weighted by Gasteiger charge is 2.26. The molecule has 8 heteroatoms. The quantitative estimate of drug-likeness (QED) is 0.568. The van der Waals surface area contributed by atoms with Crippen LogP contribution in [0.1, 0.15) is 57.6 Å². The first-order chi connectivity index (χ1) is 14.8. The number of para-hydroxylation sites is 1. The monoisotopic (exact) mass is 454 g/mol. The lowest BCUT2D eigenvalue weighted by Gasteiger charge is -2.23. The zero-order chi connectivity index (χ0) is 23.7. The predicted octanol–water partition coefficient (Wildman–Crippen LogP) is 4.99. The zero-order valence-electron chi connectivity index (χ0n) is 19.3. The Morgan fingerprint density at radius 2 is 1.50 bits per heavy atom. The van der Waals surface area contributed by atoms with E-state index in [1.807, 2.05) is 26.8 Å². The number of nitrogens with zero attached hydrogens (tertiary/aromatic N) is 2. The van der Waals surface area contributed by atoms with E-state index in [4.69, 9.17) is 5.10 Å². The first-order valence-electron chi connectivity index (χ1n) is 10.4. The molecule has 1 aromatic heterocycles. The van der Waals surface area contributed by atoms with E-state index in [1.165, 1.54) is 24.3 Å². The van der Waals surface area contributed by atoms with Crippen molar-refractivity contribution in [3.8, 4) is 0 Å². The van der Waals surface area contributed by atoms with Gasteiger partial charge in [-0.25, -0.2) is 13.1 Å². The van der Waals surface area contributed by atoms with Crippen molar-refractivity contribution in [1.82, 2.24) is 9.78 Å². The predicted molar refractivity (Wildman–Crippen MR) is 128 cm³/mol. The first-order valence-corrected chi connectivity index (χ1v) is 11.9. The number of rotatable bonds is 5. The molecule has 32 heavy (non-hydrogen) atoms. The number of aromatic nitrogens is 2. The molecule has 170 valence electrons. The van der Waals surface area contributed by atoms with E-state index in [2.05, 4.69) is 30.8 Å². The molecule has 2 aromatic carbocycles. The van der Waals surface area contributed by atoms with E-state index in [0.717, 1.165) is 5.69 Å². The van der Waals surface area contributed by atoms with Crippen molar-refractivity contribution >= 4 is 27.4 Å². The van der Waals surface area contributed by atoms with Crippen molar-refractivity contribution in [3.05, 3.63) is 71.9 Å².